The average molecular weight is 336 g/mol. The SMILES string of the molecule is CC1SCC(C(N)Cc2ccc(Cl)c(Cl)c2)SC1C. The third kappa shape index (κ3) is 4.21. The zero-order chi connectivity index (χ0) is 14.0. The van der Waals surface area contributed by atoms with Crippen molar-refractivity contribution < 1.29 is 0 Å². The molecule has 0 spiro atoms. The number of rotatable bonds is 3. The summed E-state index contributed by atoms with van der Waals surface area (Å²) in [5.41, 5.74) is 7.53. The van der Waals surface area contributed by atoms with E-state index in [9.17, 15) is 0 Å². The van der Waals surface area contributed by atoms with Gasteiger partial charge in [-0.2, -0.15) is 23.5 Å². The zero-order valence-electron chi connectivity index (χ0n) is 11.1. The van der Waals surface area contributed by atoms with Crippen LogP contribution in [0, 0.1) is 0 Å². The predicted octanol–water partition coefficient (Wildman–Crippen LogP) is 4.49. The second-order valence-corrected chi connectivity index (χ2v) is 8.88. The molecule has 1 heterocycles. The van der Waals surface area contributed by atoms with Crippen molar-refractivity contribution in [2.75, 3.05) is 5.75 Å². The second kappa shape index (κ2) is 6.95. The van der Waals surface area contributed by atoms with Crippen LogP contribution in [0.3, 0.4) is 0 Å². The quantitative estimate of drug-likeness (QED) is 0.881. The van der Waals surface area contributed by atoms with Gasteiger partial charge in [0.1, 0.15) is 0 Å². The first-order valence-electron chi connectivity index (χ1n) is 6.44. The van der Waals surface area contributed by atoms with Gasteiger partial charge in [0.2, 0.25) is 0 Å². The summed E-state index contributed by atoms with van der Waals surface area (Å²) in [5, 5.41) is 3.12. The fourth-order valence-corrected chi connectivity index (χ4v) is 5.48. The predicted molar refractivity (Wildman–Crippen MR) is 90.9 cm³/mol. The Hall–Kier alpha value is 0.460. The lowest BCUT2D eigenvalue weighted by Gasteiger charge is -2.34. The molecule has 19 heavy (non-hydrogen) atoms. The summed E-state index contributed by atoms with van der Waals surface area (Å²) in [6.07, 6.45) is 0.857. The average Bonchev–Trinajstić information content (AvgIpc) is 2.37. The molecule has 1 saturated heterocycles. The molecule has 4 atom stereocenters. The molecule has 2 rings (SSSR count). The Morgan fingerprint density at radius 1 is 1.26 bits per heavy atom. The second-order valence-electron chi connectivity index (χ2n) is 5.03. The first kappa shape index (κ1) is 15.8. The van der Waals surface area contributed by atoms with Crippen LogP contribution < -0.4 is 5.73 Å². The lowest BCUT2D eigenvalue weighted by atomic mass is 10.0. The number of benzene rings is 1. The Labute approximate surface area is 134 Å². The van der Waals surface area contributed by atoms with Gasteiger partial charge in [-0.1, -0.05) is 43.1 Å². The Kier molecular flexibility index (Phi) is 5.79. The Bertz CT molecular complexity index is 441. The van der Waals surface area contributed by atoms with Crippen molar-refractivity contribution in [3.8, 4) is 0 Å². The van der Waals surface area contributed by atoms with Crippen molar-refractivity contribution >= 4 is 46.7 Å². The topological polar surface area (TPSA) is 26.0 Å². The Morgan fingerprint density at radius 2 is 2.00 bits per heavy atom. The van der Waals surface area contributed by atoms with Gasteiger partial charge in [0, 0.05) is 27.5 Å². The third-order valence-electron chi connectivity index (χ3n) is 3.51. The van der Waals surface area contributed by atoms with Gasteiger partial charge in [-0.25, -0.2) is 0 Å². The van der Waals surface area contributed by atoms with E-state index in [-0.39, 0.29) is 6.04 Å². The number of nitrogens with two attached hydrogens (primary N) is 1. The maximum atomic E-state index is 6.37. The first-order valence-corrected chi connectivity index (χ1v) is 9.18. The van der Waals surface area contributed by atoms with Crippen molar-refractivity contribution in [3.63, 3.8) is 0 Å². The number of hydrogen-bond donors (Lipinski definition) is 1. The van der Waals surface area contributed by atoms with Crippen LogP contribution in [0.25, 0.3) is 0 Å². The van der Waals surface area contributed by atoms with Gasteiger partial charge in [0.05, 0.1) is 10.0 Å². The van der Waals surface area contributed by atoms with Gasteiger partial charge in [-0.3, -0.25) is 0 Å². The molecule has 2 N–H and O–H groups in total. The van der Waals surface area contributed by atoms with Crippen LogP contribution in [-0.4, -0.2) is 27.5 Å². The van der Waals surface area contributed by atoms with Crippen LogP contribution >= 0.6 is 46.7 Å². The van der Waals surface area contributed by atoms with Gasteiger partial charge in [0.15, 0.2) is 0 Å². The third-order valence-corrected chi connectivity index (χ3v) is 7.82. The molecule has 4 unspecified atom stereocenters. The van der Waals surface area contributed by atoms with E-state index in [2.05, 4.69) is 13.8 Å². The highest BCUT2D eigenvalue weighted by atomic mass is 35.5. The lowest BCUT2D eigenvalue weighted by molar-refractivity contribution is 0.657. The van der Waals surface area contributed by atoms with Crippen LogP contribution in [0.15, 0.2) is 18.2 Å². The van der Waals surface area contributed by atoms with E-state index in [0.717, 1.165) is 17.4 Å². The monoisotopic (exact) mass is 335 g/mol. The molecule has 0 amide bonds. The van der Waals surface area contributed by atoms with Crippen LogP contribution in [0.1, 0.15) is 19.4 Å². The summed E-state index contributed by atoms with van der Waals surface area (Å²) in [4.78, 5) is 0. The summed E-state index contributed by atoms with van der Waals surface area (Å²) in [5.74, 6) is 1.14. The normalized spacial score (nSPS) is 29.2. The smallest absolute Gasteiger partial charge is 0.0595 e. The highest BCUT2D eigenvalue weighted by Crippen LogP contribution is 2.37. The molecule has 1 aliphatic rings. The van der Waals surface area contributed by atoms with Crippen molar-refractivity contribution in [1.82, 2.24) is 0 Å². The maximum absolute atomic E-state index is 6.37. The van der Waals surface area contributed by atoms with E-state index < -0.39 is 0 Å². The van der Waals surface area contributed by atoms with E-state index in [1.165, 1.54) is 5.56 Å². The van der Waals surface area contributed by atoms with Gasteiger partial charge < -0.3 is 5.73 Å². The highest BCUT2D eigenvalue weighted by molar-refractivity contribution is 8.07. The summed E-state index contributed by atoms with van der Waals surface area (Å²) < 4.78 is 0. The molecule has 106 valence electrons. The van der Waals surface area contributed by atoms with E-state index in [1.54, 1.807) is 0 Å². The van der Waals surface area contributed by atoms with E-state index in [1.807, 2.05) is 41.7 Å². The van der Waals surface area contributed by atoms with Crippen molar-refractivity contribution in [3.05, 3.63) is 33.8 Å². The fraction of sp³-hybridized carbons (Fsp3) is 0.571. The number of halogens is 2. The fourth-order valence-electron chi connectivity index (χ4n) is 2.10. The van der Waals surface area contributed by atoms with Crippen LogP contribution in [0.2, 0.25) is 10.0 Å². The molecule has 0 bridgehead atoms. The minimum Gasteiger partial charge on any atom is -0.326 e. The number of thioether (sulfide) groups is 2. The van der Waals surface area contributed by atoms with Crippen molar-refractivity contribution in [1.29, 1.82) is 0 Å². The molecule has 1 nitrogen and oxygen atoms in total. The van der Waals surface area contributed by atoms with Crippen LogP contribution in [0.4, 0.5) is 0 Å². The van der Waals surface area contributed by atoms with E-state index in [0.29, 0.717) is 20.5 Å². The molecular formula is C14H19Cl2NS2. The molecule has 0 saturated carbocycles. The molecule has 1 aromatic rings. The summed E-state index contributed by atoms with van der Waals surface area (Å²) in [7, 11) is 0. The molecular weight excluding hydrogens is 317 g/mol. The highest BCUT2D eigenvalue weighted by Gasteiger charge is 2.29. The van der Waals surface area contributed by atoms with E-state index >= 15 is 0 Å². The Balaban J connectivity index is 1.97. The Morgan fingerprint density at radius 3 is 2.63 bits per heavy atom. The molecule has 1 aliphatic heterocycles. The van der Waals surface area contributed by atoms with E-state index in [4.69, 9.17) is 28.9 Å². The summed E-state index contributed by atoms with van der Waals surface area (Å²) in [6.45, 7) is 4.59. The lowest BCUT2D eigenvalue weighted by Crippen LogP contribution is -2.41. The van der Waals surface area contributed by atoms with Crippen LogP contribution in [-0.2, 0) is 6.42 Å². The maximum Gasteiger partial charge on any atom is 0.0595 e. The molecule has 5 heteroatoms. The minimum absolute atomic E-state index is 0.171. The van der Waals surface area contributed by atoms with Gasteiger partial charge in [-0.05, 0) is 24.1 Å². The first-order chi connectivity index (χ1) is 8.97. The van der Waals surface area contributed by atoms with Gasteiger partial charge >= 0.3 is 0 Å². The van der Waals surface area contributed by atoms with Crippen molar-refractivity contribution in [2.24, 2.45) is 5.73 Å². The van der Waals surface area contributed by atoms with Gasteiger partial charge in [-0.15, -0.1) is 0 Å². The minimum atomic E-state index is 0.171. The molecule has 0 aromatic heterocycles. The zero-order valence-corrected chi connectivity index (χ0v) is 14.3. The molecule has 1 fully saturated rings. The standard InChI is InChI=1S/C14H19Cl2NS2/c1-8-9(2)19-14(7-18-8)13(17)6-10-3-4-11(15)12(16)5-10/h3-5,8-9,13-14H,6-7,17H2,1-2H3. The van der Waals surface area contributed by atoms with Gasteiger partial charge in [0.25, 0.3) is 0 Å². The molecule has 0 aliphatic carbocycles. The largest absolute Gasteiger partial charge is 0.326 e. The number of hydrogen-bond acceptors (Lipinski definition) is 3. The molecule has 0 radical (unpaired) electrons. The summed E-state index contributed by atoms with van der Waals surface area (Å²) in [6, 6.07) is 5.96. The van der Waals surface area contributed by atoms with Crippen LogP contribution in [0.5, 0.6) is 0 Å². The summed E-state index contributed by atoms with van der Waals surface area (Å²) >= 11 is 16.0. The van der Waals surface area contributed by atoms with Crippen molar-refractivity contribution in [2.45, 2.75) is 42.1 Å². The molecule has 1 aromatic carbocycles.